The summed E-state index contributed by atoms with van der Waals surface area (Å²) in [5.74, 6) is 0.888. The molecule has 0 saturated carbocycles. The monoisotopic (exact) mass is 373 g/mol. The maximum atomic E-state index is 12.5. The normalized spacial score (nSPS) is 16.9. The molecule has 0 N–H and O–H groups in total. The second kappa shape index (κ2) is 6.20. The van der Waals surface area contributed by atoms with Gasteiger partial charge in [0.1, 0.15) is 0 Å². The van der Waals surface area contributed by atoms with Crippen molar-refractivity contribution in [2.24, 2.45) is 5.92 Å². The number of nitrogens with zero attached hydrogens (tertiary/aromatic N) is 1. The van der Waals surface area contributed by atoms with Gasteiger partial charge < -0.3 is 4.90 Å². The summed E-state index contributed by atoms with van der Waals surface area (Å²) in [5, 5.41) is 1.05. The van der Waals surface area contributed by atoms with Gasteiger partial charge in [-0.25, -0.2) is 0 Å². The highest BCUT2D eigenvalue weighted by Gasteiger charge is 2.24. The van der Waals surface area contributed by atoms with Crippen LogP contribution in [0.5, 0.6) is 0 Å². The summed E-state index contributed by atoms with van der Waals surface area (Å²) in [6.45, 7) is 3.74. The second-order valence-corrected chi connectivity index (χ2v) is 6.30. The predicted molar refractivity (Wildman–Crippen MR) is 81.3 cm³/mol. The summed E-state index contributed by atoms with van der Waals surface area (Å²) in [7, 11) is 0. The number of benzene rings is 1. The van der Waals surface area contributed by atoms with E-state index in [1.807, 2.05) is 30.0 Å². The van der Waals surface area contributed by atoms with Gasteiger partial charge in [0, 0.05) is 28.5 Å². The third kappa shape index (κ3) is 2.97. The maximum absolute atomic E-state index is 12.5. The van der Waals surface area contributed by atoms with Crippen LogP contribution >= 0.6 is 31.9 Å². The fourth-order valence-electron chi connectivity index (χ4n) is 2.30. The van der Waals surface area contributed by atoms with Gasteiger partial charge in [0.2, 0.25) is 0 Å². The summed E-state index contributed by atoms with van der Waals surface area (Å²) in [6.07, 6.45) is 2.20. The molecule has 4 heteroatoms. The minimum Gasteiger partial charge on any atom is -0.339 e. The number of rotatable bonds is 2. The van der Waals surface area contributed by atoms with E-state index in [0.29, 0.717) is 0 Å². The molecule has 0 spiro atoms. The first-order valence-corrected chi connectivity index (χ1v) is 8.15. The second-order valence-electron chi connectivity index (χ2n) is 4.80. The van der Waals surface area contributed by atoms with Gasteiger partial charge >= 0.3 is 0 Å². The van der Waals surface area contributed by atoms with E-state index in [9.17, 15) is 4.79 Å². The topological polar surface area (TPSA) is 20.3 Å². The molecule has 1 aliphatic rings. The van der Waals surface area contributed by atoms with Crippen LogP contribution in [-0.2, 0) is 0 Å². The van der Waals surface area contributed by atoms with Gasteiger partial charge in [0.05, 0.1) is 0 Å². The summed E-state index contributed by atoms with van der Waals surface area (Å²) in [6, 6.07) is 5.82. The minimum atomic E-state index is 0.168. The summed E-state index contributed by atoms with van der Waals surface area (Å²) in [5.41, 5.74) is 1.85. The third-order valence-corrected chi connectivity index (χ3v) is 5.39. The smallest absolute Gasteiger partial charge is 0.254 e. The largest absolute Gasteiger partial charge is 0.339 e. The van der Waals surface area contributed by atoms with Crippen molar-refractivity contribution in [1.82, 2.24) is 4.90 Å². The van der Waals surface area contributed by atoms with Crippen LogP contribution < -0.4 is 0 Å². The van der Waals surface area contributed by atoms with Crippen molar-refractivity contribution in [3.05, 3.63) is 33.8 Å². The Labute approximate surface area is 125 Å². The highest BCUT2D eigenvalue weighted by molar-refractivity contribution is 9.10. The molecule has 1 amide bonds. The minimum absolute atomic E-state index is 0.168. The van der Waals surface area contributed by atoms with E-state index in [4.69, 9.17) is 0 Å². The van der Waals surface area contributed by atoms with Crippen LogP contribution in [-0.4, -0.2) is 29.2 Å². The van der Waals surface area contributed by atoms with Gasteiger partial charge in [-0.3, -0.25) is 4.79 Å². The highest BCUT2D eigenvalue weighted by atomic mass is 79.9. The van der Waals surface area contributed by atoms with Gasteiger partial charge in [0.25, 0.3) is 5.91 Å². The van der Waals surface area contributed by atoms with E-state index in [0.717, 1.165) is 52.8 Å². The van der Waals surface area contributed by atoms with Gasteiger partial charge in [0.15, 0.2) is 0 Å². The Hall–Kier alpha value is -0.350. The number of hydrogen-bond acceptors (Lipinski definition) is 1. The molecule has 0 unspecified atom stereocenters. The van der Waals surface area contributed by atoms with Gasteiger partial charge in [-0.05, 0) is 43.4 Å². The molecule has 2 rings (SSSR count). The average molecular weight is 375 g/mol. The van der Waals surface area contributed by atoms with Crippen molar-refractivity contribution in [3.63, 3.8) is 0 Å². The highest BCUT2D eigenvalue weighted by Crippen LogP contribution is 2.24. The molecule has 2 nitrogen and oxygen atoms in total. The number of halogens is 2. The Morgan fingerprint density at radius 2 is 2.06 bits per heavy atom. The zero-order valence-electron chi connectivity index (χ0n) is 10.5. The van der Waals surface area contributed by atoms with Crippen molar-refractivity contribution in [2.45, 2.75) is 19.8 Å². The van der Waals surface area contributed by atoms with Crippen LogP contribution in [0.3, 0.4) is 0 Å². The first-order valence-electron chi connectivity index (χ1n) is 6.24. The molecule has 1 aromatic rings. The fourth-order valence-corrected chi connectivity index (χ4v) is 3.31. The summed E-state index contributed by atoms with van der Waals surface area (Å²) in [4.78, 5) is 14.4. The Kier molecular flexibility index (Phi) is 4.84. The van der Waals surface area contributed by atoms with Crippen LogP contribution in [0.1, 0.15) is 28.8 Å². The molecule has 0 radical (unpaired) electrons. The van der Waals surface area contributed by atoms with Crippen molar-refractivity contribution in [1.29, 1.82) is 0 Å². The molecule has 1 fully saturated rings. The molecule has 0 atom stereocenters. The van der Waals surface area contributed by atoms with E-state index in [1.54, 1.807) is 0 Å². The molecular formula is C14H17Br2NO. The lowest BCUT2D eigenvalue weighted by Gasteiger charge is -2.31. The van der Waals surface area contributed by atoms with E-state index < -0.39 is 0 Å². The number of alkyl halides is 1. The lowest BCUT2D eigenvalue weighted by atomic mass is 9.98. The van der Waals surface area contributed by atoms with Gasteiger partial charge in [-0.15, -0.1) is 0 Å². The van der Waals surface area contributed by atoms with Crippen molar-refractivity contribution in [3.8, 4) is 0 Å². The zero-order chi connectivity index (χ0) is 13.1. The SMILES string of the molecule is Cc1c(Br)cccc1C(=O)N1CCC(CBr)CC1. The molecule has 1 aromatic carbocycles. The van der Waals surface area contributed by atoms with Crippen molar-refractivity contribution >= 4 is 37.8 Å². The van der Waals surface area contributed by atoms with Gasteiger partial charge in [-0.2, -0.15) is 0 Å². The van der Waals surface area contributed by atoms with Crippen LogP contribution in [0, 0.1) is 12.8 Å². The maximum Gasteiger partial charge on any atom is 0.254 e. The van der Waals surface area contributed by atoms with Crippen LogP contribution in [0.25, 0.3) is 0 Å². The number of amides is 1. The van der Waals surface area contributed by atoms with Gasteiger partial charge in [-0.1, -0.05) is 37.9 Å². The van der Waals surface area contributed by atoms with Crippen LogP contribution in [0.15, 0.2) is 22.7 Å². The molecule has 18 heavy (non-hydrogen) atoms. The Morgan fingerprint density at radius 3 is 2.67 bits per heavy atom. The lowest BCUT2D eigenvalue weighted by Crippen LogP contribution is -2.39. The third-order valence-electron chi connectivity index (χ3n) is 3.62. The fraction of sp³-hybridized carbons (Fsp3) is 0.500. The first-order chi connectivity index (χ1) is 8.63. The molecule has 0 bridgehead atoms. The van der Waals surface area contributed by atoms with Crippen molar-refractivity contribution in [2.75, 3.05) is 18.4 Å². The van der Waals surface area contributed by atoms with E-state index in [1.165, 1.54) is 0 Å². The van der Waals surface area contributed by atoms with E-state index in [-0.39, 0.29) is 5.91 Å². The van der Waals surface area contributed by atoms with Crippen molar-refractivity contribution < 1.29 is 4.79 Å². The standard InChI is InChI=1S/C14H17Br2NO/c1-10-12(3-2-4-13(10)16)14(18)17-7-5-11(9-15)6-8-17/h2-4,11H,5-9H2,1H3. The molecule has 0 aliphatic carbocycles. The van der Waals surface area contributed by atoms with Crippen LogP contribution in [0.2, 0.25) is 0 Å². The zero-order valence-corrected chi connectivity index (χ0v) is 13.6. The van der Waals surface area contributed by atoms with E-state index in [2.05, 4.69) is 31.9 Å². The predicted octanol–water partition coefficient (Wildman–Crippen LogP) is 4.00. The number of carbonyl (C=O) groups excluding carboxylic acids is 1. The summed E-state index contributed by atoms with van der Waals surface area (Å²) >= 11 is 7.01. The summed E-state index contributed by atoms with van der Waals surface area (Å²) < 4.78 is 1.00. The van der Waals surface area contributed by atoms with E-state index >= 15 is 0 Å². The quantitative estimate of drug-likeness (QED) is 0.716. The number of hydrogen-bond donors (Lipinski definition) is 0. The molecule has 98 valence electrons. The first kappa shape index (κ1) is 14.1. The number of likely N-dealkylation sites (tertiary alicyclic amines) is 1. The Bertz CT molecular complexity index is 439. The average Bonchev–Trinajstić information content (AvgIpc) is 2.41. The molecule has 0 aromatic heterocycles. The molecule has 1 saturated heterocycles. The number of carbonyl (C=O) groups is 1. The Balaban J connectivity index is 2.10. The lowest BCUT2D eigenvalue weighted by molar-refractivity contribution is 0.0698. The molecule has 1 aliphatic heterocycles. The molecule has 1 heterocycles. The Morgan fingerprint density at radius 1 is 1.39 bits per heavy atom. The number of piperidine rings is 1. The van der Waals surface area contributed by atoms with Crippen LogP contribution in [0.4, 0.5) is 0 Å². The molecular weight excluding hydrogens is 358 g/mol.